The van der Waals surface area contributed by atoms with E-state index in [2.05, 4.69) is 20.8 Å². The van der Waals surface area contributed by atoms with Gasteiger partial charge in [-0.1, -0.05) is 16.5 Å². The number of nitrogens with zero attached hydrogens (tertiary/aromatic N) is 2. The third-order valence-electron chi connectivity index (χ3n) is 4.17. The van der Waals surface area contributed by atoms with E-state index in [0.717, 1.165) is 55.5 Å². The number of nitrogens with one attached hydrogen (secondary N) is 2. The summed E-state index contributed by atoms with van der Waals surface area (Å²) < 4.78 is 5.27. The van der Waals surface area contributed by atoms with Crippen molar-refractivity contribution < 1.29 is 14.1 Å². The van der Waals surface area contributed by atoms with Crippen LogP contribution in [0.2, 0.25) is 0 Å². The number of carbonyl (C=O) groups is 2. The lowest BCUT2D eigenvalue weighted by molar-refractivity contribution is 0.0958. The molecule has 2 aromatic heterocycles. The maximum atomic E-state index is 12.4. The maximum absolute atomic E-state index is 12.4. The smallest absolute Gasteiger partial charge is 0.279 e. The van der Waals surface area contributed by atoms with Crippen LogP contribution in [-0.4, -0.2) is 28.5 Å². The number of rotatable bonds is 2. The fourth-order valence-corrected chi connectivity index (χ4v) is 3.93. The standard InChI is InChI=1S/C15H16N4O3S/c20-13(11-8-4-1-2-6-10(8)22-19-11)18-15-17-9-5-3-7-16-14(21)12(9)23-15/h1-7H2,(H,16,21)(H,17,18,20). The van der Waals surface area contributed by atoms with Crippen molar-refractivity contribution in [3.8, 4) is 0 Å². The van der Waals surface area contributed by atoms with Gasteiger partial charge in [0.2, 0.25) is 0 Å². The molecule has 8 heteroatoms. The number of amides is 2. The van der Waals surface area contributed by atoms with E-state index in [0.29, 0.717) is 22.2 Å². The zero-order chi connectivity index (χ0) is 15.8. The molecule has 0 spiro atoms. The normalized spacial score (nSPS) is 17.0. The third kappa shape index (κ3) is 2.63. The summed E-state index contributed by atoms with van der Waals surface area (Å²) in [7, 11) is 0. The molecule has 0 aromatic carbocycles. The summed E-state index contributed by atoms with van der Waals surface area (Å²) >= 11 is 1.21. The minimum absolute atomic E-state index is 0.116. The van der Waals surface area contributed by atoms with Gasteiger partial charge in [-0.3, -0.25) is 14.9 Å². The lowest BCUT2D eigenvalue weighted by Crippen LogP contribution is -2.21. The molecule has 0 fully saturated rings. The second kappa shape index (κ2) is 5.77. The van der Waals surface area contributed by atoms with Crippen molar-refractivity contribution in [2.24, 2.45) is 0 Å². The second-order valence-corrected chi connectivity index (χ2v) is 6.75. The Kier molecular flexibility index (Phi) is 3.60. The van der Waals surface area contributed by atoms with E-state index < -0.39 is 0 Å². The Morgan fingerprint density at radius 3 is 3.00 bits per heavy atom. The zero-order valence-electron chi connectivity index (χ0n) is 12.5. The fraction of sp³-hybridized carbons (Fsp3) is 0.467. The lowest BCUT2D eigenvalue weighted by atomic mass is 9.96. The van der Waals surface area contributed by atoms with Crippen LogP contribution in [0.15, 0.2) is 4.52 Å². The number of fused-ring (bicyclic) bond motifs is 2. The largest absolute Gasteiger partial charge is 0.360 e. The summed E-state index contributed by atoms with van der Waals surface area (Å²) in [6, 6.07) is 0. The van der Waals surface area contributed by atoms with E-state index in [9.17, 15) is 9.59 Å². The molecule has 7 nitrogen and oxygen atoms in total. The molecular weight excluding hydrogens is 316 g/mol. The van der Waals surface area contributed by atoms with Crippen LogP contribution < -0.4 is 10.6 Å². The average molecular weight is 332 g/mol. The summed E-state index contributed by atoms with van der Waals surface area (Å²) in [5.74, 6) is 0.381. The number of thiazole rings is 1. The van der Waals surface area contributed by atoms with Crippen LogP contribution in [0.5, 0.6) is 0 Å². The highest BCUT2D eigenvalue weighted by atomic mass is 32.1. The third-order valence-corrected chi connectivity index (χ3v) is 5.18. The molecule has 3 heterocycles. The molecule has 0 radical (unpaired) electrons. The summed E-state index contributed by atoms with van der Waals surface area (Å²) in [4.78, 5) is 29.4. The van der Waals surface area contributed by atoms with Gasteiger partial charge in [-0.2, -0.15) is 0 Å². The van der Waals surface area contributed by atoms with E-state index in [1.54, 1.807) is 0 Å². The highest BCUT2D eigenvalue weighted by molar-refractivity contribution is 7.17. The van der Waals surface area contributed by atoms with Crippen LogP contribution in [0.3, 0.4) is 0 Å². The van der Waals surface area contributed by atoms with Crippen molar-refractivity contribution in [3.63, 3.8) is 0 Å². The van der Waals surface area contributed by atoms with E-state index in [-0.39, 0.29) is 11.8 Å². The Balaban J connectivity index is 1.57. The molecule has 2 N–H and O–H groups in total. The number of carbonyl (C=O) groups excluding carboxylic acids is 2. The van der Waals surface area contributed by atoms with Gasteiger partial charge in [0.25, 0.3) is 11.8 Å². The monoisotopic (exact) mass is 332 g/mol. The Bertz CT molecular complexity index is 780. The molecule has 1 aliphatic carbocycles. The van der Waals surface area contributed by atoms with Gasteiger partial charge in [-0.15, -0.1) is 0 Å². The van der Waals surface area contributed by atoms with E-state index in [1.165, 1.54) is 11.3 Å². The Morgan fingerprint density at radius 2 is 2.09 bits per heavy atom. The van der Waals surface area contributed by atoms with E-state index in [4.69, 9.17) is 4.52 Å². The van der Waals surface area contributed by atoms with Gasteiger partial charge in [0.05, 0.1) is 5.69 Å². The Morgan fingerprint density at radius 1 is 1.22 bits per heavy atom. The summed E-state index contributed by atoms with van der Waals surface area (Å²) in [5, 5.41) is 9.94. The van der Waals surface area contributed by atoms with Gasteiger partial charge < -0.3 is 9.84 Å². The second-order valence-electron chi connectivity index (χ2n) is 5.75. The van der Waals surface area contributed by atoms with Crippen molar-refractivity contribution in [2.45, 2.75) is 38.5 Å². The molecule has 2 aromatic rings. The number of anilines is 1. The predicted octanol–water partition coefficient (Wildman–Crippen LogP) is 1.94. The van der Waals surface area contributed by atoms with Crippen molar-refractivity contribution >= 4 is 28.3 Å². The van der Waals surface area contributed by atoms with E-state index >= 15 is 0 Å². The van der Waals surface area contributed by atoms with Crippen LogP contribution >= 0.6 is 11.3 Å². The summed E-state index contributed by atoms with van der Waals surface area (Å²) in [6.07, 6.45) is 5.35. The van der Waals surface area contributed by atoms with E-state index in [1.807, 2.05) is 0 Å². The minimum Gasteiger partial charge on any atom is -0.360 e. The zero-order valence-corrected chi connectivity index (χ0v) is 13.3. The molecule has 1 aliphatic heterocycles. The highest BCUT2D eigenvalue weighted by Crippen LogP contribution is 2.28. The molecular formula is C15H16N4O3S. The predicted molar refractivity (Wildman–Crippen MR) is 83.9 cm³/mol. The van der Waals surface area contributed by atoms with Gasteiger partial charge >= 0.3 is 0 Å². The number of aromatic nitrogens is 2. The lowest BCUT2D eigenvalue weighted by Gasteiger charge is -2.08. The first kappa shape index (κ1) is 14.4. The van der Waals surface area contributed by atoms with Crippen molar-refractivity contribution in [2.75, 3.05) is 11.9 Å². The number of hydrogen-bond donors (Lipinski definition) is 2. The Hall–Kier alpha value is -2.22. The van der Waals surface area contributed by atoms with Crippen LogP contribution in [0.4, 0.5) is 5.13 Å². The summed E-state index contributed by atoms with van der Waals surface area (Å²) in [6.45, 7) is 0.661. The minimum atomic E-state index is -0.318. The quantitative estimate of drug-likeness (QED) is 0.876. The van der Waals surface area contributed by atoms with Crippen molar-refractivity contribution in [1.29, 1.82) is 0 Å². The number of hydrogen-bond acceptors (Lipinski definition) is 6. The van der Waals surface area contributed by atoms with Crippen LogP contribution in [0.25, 0.3) is 0 Å². The Labute approximate surface area is 136 Å². The fourth-order valence-electron chi connectivity index (χ4n) is 3.01. The highest BCUT2D eigenvalue weighted by Gasteiger charge is 2.26. The first-order valence-electron chi connectivity index (χ1n) is 7.79. The molecule has 23 heavy (non-hydrogen) atoms. The van der Waals surface area contributed by atoms with Crippen LogP contribution in [-0.2, 0) is 19.3 Å². The van der Waals surface area contributed by atoms with Gasteiger partial charge in [-0.05, 0) is 32.1 Å². The van der Waals surface area contributed by atoms with Crippen LogP contribution in [0, 0.1) is 0 Å². The molecule has 120 valence electrons. The summed E-state index contributed by atoms with van der Waals surface area (Å²) in [5.41, 5.74) is 2.00. The maximum Gasteiger partial charge on any atom is 0.279 e. The molecule has 2 aliphatic rings. The molecule has 0 unspecified atom stereocenters. The van der Waals surface area contributed by atoms with Crippen molar-refractivity contribution in [3.05, 3.63) is 27.6 Å². The van der Waals surface area contributed by atoms with Crippen molar-refractivity contribution in [1.82, 2.24) is 15.5 Å². The topological polar surface area (TPSA) is 97.1 Å². The van der Waals surface area contributed by atoms with Gasteiger partial charge in [0, 0.05) is 18.5 Å². The first-order valence-corrected chi connectivity index (χ1v) is 8.60. The van der Waals surface area contributed by atoms with Crippen LogP contribution in [0.1, 0.15) is 56.4 Å². The molecule has 0 saturated carbocycles. The molecule has 2 amide bonds. The van der Waals surface area contributed by atoms with Gasteiger partial charge in [-0.25, -0.2) is 4.98 Å². The molecule has 4 rings (SSSR count). The molecule has 0 saturated heterocycles. The molecule has 0 atom stereocenters. The van der Waals surface area contributed by atoms with Gasteiger partial charge in [0.15, 0.2) is 10.8 Å². The SMILES string of the molecule is O=C(Nc1nc2c(s1)C(=O)NCCC2)c1noc2c1CCCC2. The number of aryl methyl sites for hydroxylation is 2. The first-order chi connectivity index (χ1) is 11.2. The average Bonchev–Trinajstić information content (AvgIpc) is 3.11. The van der Waals surface area contributed by atoms with Gasteiger partial charge in [0.1, 0.15) is 10.6 Å². The molecule has 0 bridgehead atoms.